The van der Waals surface area contributed by atoms with Gasteiger partial charge in [-0.2, -0.15) is 0 Å². The first-order valence-electron chi connectivity index (χ1n) is 6.76. The summed E-state index contributed by atoms with van der Waals surface area (Å²) < 4.78 is 11.6. The molecule has 1 amide bonds. The number of fused-ring (bicyclic) bond motifs is 1. The largest absolute Gasteiger partial charge is 0.497 e. The van der Waals surface area contributed by atoms with Gasteiger partial charge in [0.25, 0.3) is 5.91 Å². The summed E-state index contributed by atoms with van der Waals surface area (Å²) in [5.41, 5.74) is 1.68. The first kappa shape index (κ1) is 14.7. The minimum absolute atomic E-state index is 0.237. The van der Waals surface area contributed by atoms with Crippen molar-refractivity contribution in [2.45, 2.75) is 6.54 Å². The molecular formula is C17H14BrNO3. The van der Waals surface area contributed by atoms with Crippen molar-refractivity contribution in [2.75, 3.05) is 7.11 Å². The molecule has 112 valence electrons. The van der Waals surface area contributed by atoms with Crippen molar-refractivity contribution < 1.29 is 13.9 Å². The van der Waals surface area contributed by atoms with Gasteiger partial charge in [-0.15, -0.1) is 0 Å². The minimum atomic E-state index is -0.237. The van der Waals surface area contributed by atoms with E-state index in [1.807, 2.05) is 42.5 Å². The monoisotopic (exact) mass is 359 g/mol. The zero-order valence-electron chi connectivity index (χ0n) is 11.9. The van der Waals surface area contributed by atoms with Crippen LogP contribution in [-0.4, -0.2) is 13.0 Å². The van der Waals surface area contributed by atoms with Crippen molar-refractivity contribution in [3.05, 3.63) is 64.3 Å². The average molecular weight is 360 g/mol. The van der Waals surface area contributed by atoms with E-state index in [9.17, 15) is 4.79 Å². The van der Waals surface area contributed by atoms with E-state index in [-0.39, 0.29) is 5.91 Å². The number of amides is 1. The molecule has 0 spiro atoms. The summed E-state index contributed by atoms with van der Waals surface area (Å²) in [6.45, 7) is 0.432. The van der Waals surface area contributed by atoms with Crippen molar-refractivity contribution in [1.82, 2.24) is 5.32 Å². The third-order valence-electron chi connectivity index (χ3n) is 3.34. The summed E-state index contributed by atoms with van der Waals surface area (Å²) in [5.74, 6) is 0.853. The maximum atomic E-state index is 12.2. The second-order valence-corrected chi connectivity index (χ2v) is 5.65. The van der Waals surface area contributed by atoms with Crippen LogP contribution in [0, 0.1) is 0 Å². The van der Waals surface area contributed by atoms with Crippen LogP contribution in [0.25, 0.3) is 11.0 Å². The summed E-state index contributed by atoms with van der Waals surface area (Å²) in [5, 5.41) is 3.73. The molecule has 0 atom stereocenters. The quantitative estimate of drug-likeness (QED) is 0.761. The molecule has 2 aromatic carbocycles. The van der Waals surface area contributed by atoms with Crippen molar-refractivity contribution in [3.63, 3.8) is 0 Å². The highest BCUT2D eigenvalue weighted by molar-refractivity contribution is 9.10. The molecular weight excluding hydrogens is 346 g/mol. The third kappa shape index (κ3) is 2.99. The maximum Gasteiger partial charge on any atom is 0.287 e. The van der Waals surface area contributed by atoms with Crippen LogP contribution in [0.15, 0.2) is 57.4 Å². The topological polar surface area (TPSA) is 51.5 Å². The number of rotatable bonds is 4. The fourth-order valence-electron chi connectivity index (χ4n) is 2.15. The second kappa shape index (κ2) is 6.23. The van der Waals surface area contributed by atoms with E-state index < -0.39 is 0 Å². The molecule has 0 aliphatic rings. The number of nitrogens with one attached hydrogen (secondary N) is 1. The van der Waals surface area contributed by atoms with Gasteiger partial charge in [0.1, 0.15) is 11.3 Å². The summed E-state index contributed by atoms with van der Waals surface area (Å²) in [6, 6.07) is 14.9. The fourth-order valence-corrected chi connectivity index (χ4v) is 2.61. The van der Waals surface area contributed by atoms with Gasteiger partial charge in [0.2, 0.25) is 0 Å². The zero-order valence-corrected chi connectivity index (χ0v) is 13.5. The number of ether oxygens (including phenoxy) is 1. The predicted octanol–water partition coefficient (Wildman–Crippen LogP) is 4.13. The molecule has 0 saturated carbocycles. The van der Waals surface area contributed by atoms with E-state index in [0.717, 1.165) is 21.2 Å². The number of halogens is 1. The Balaban J connectivity index is 1.71. The van der Waals surface area contributed by atoms with Gasteiger partial charge >= 0.3 is 0 Å². The molecule has 1 aromatic heterocycles. The van der Waals surface area contributed by atoms with Gasteiger partial charge in [-0.1, -0.05) is 34.1 Å². The van der Waals surface area contributed by atoms with Gasteiger partial charge in [0.05, 0.1) is 7.11 Å². The standard InChI is InChI=1S/C17H14BrNO3/c1-21-12-7-5-11(6-8-12)10-19-17(20)16-9-13-14(18)3-2-4-15(13)22-16/h2-9H,10H2,1H3,(H,19,20). The molecule has 0 fully saturated rings. The lowest BCUT2D eigenvalue weighted by atomic mass is 10.2. The van der Waals surface area contributed by atoms with Crippen LogP contribution in [-0.2, 0) is 6.54 Å². The van der Waals surface area contributed by atoms with Crippen LogP contribution < -0.4 is 10.1 Å². The number of hydrogen-bond acceptors (Lipinski definition) is 3. The Kier molecular flexibility index (Phi) is 4.15. The molecule has 3 rings (SSSR count). The first-order chi connectivity index (χ1) is 10.7. The van der Waals surface area contributed by atoms with Crippen LogP contribution in [0.3, 0.4) is 0 Å². The molecule has 4 nitrogen and oxygen atoms in total. The third-order valence-corrected chi connectivity index (χ3v) is 4.04. The number of benzene rings is 2. The van der Waals surface area contributed by atoms with Crippen molar-refractivity contribution in [1.29, 1.82) is 0 Å². The first-order valence-corrected chi connectivity index (χ1v) is 7.56. The lowest BCUT2D eigenvalue weighted by molar-refractivity contribution is 0.0925. The summed E-state index contributed by atoms with van der Waals surface area (Å²) in [4.78, 5) is 12.2. The van der Waals surface area contributed by atoms with Gasteiger partial charge in [-0.3, -0.25) is 4.79 Å². The number of hydrogen-bond donors (Lipinski definition) is 1. The van der Waals surface area contributed by atoms with Crippen LogP contribution in [0.2, 0.25) is 0 Å². The molecule has 5 heteroatoms. The van der Waals surface area contributed by atoms with Crippen molar-refractivity contribution in [3.8, 4) is 5.75 Å². The summed E-state index contributed by atoms with van der Waals surface area (Å²) in [7, 11) is 1.62. The van der Waals surface area contributed by atoms with E-state index in [2.05, 4.69) is 21.2 Å². The minimum Gasteiger partial charge on any atom is -0.497 e. The predicted molar refractivity (Wildman–Crippen MR) is 88.1 cm³/mol. The van der Waals surface area contributed by atoms with Crippen molar-refractivity contribution in [2.24, 2.45) is 0 Å². The molecule has 1 heterocycles. The van der Waals surface area contributed by atoms with Crippen LogP contribution >= 0.6 is 15.9 Å². The number of methoxy groups -OCH3 is 1. The SMILES string of the molecule is COc1ccc(CNC(=O)c2cc3c(Br)cccc3o2)cc1. The molecule has 0 aliphatic carbocycles. The molecule has 0 saturated heterocycles. The van der Waals surface area contributed by atoms with Gasteiger partial charge in [-0.05, 0) is 35.9 Å². The zero-order chi connectivity index (χ0) is 15.5. The Morgan fingerprint density at radius 1 is 1.23 bits per heavy atom. The van der Waals surface area contributed by atoms with E-state index in [1.165, 1.54) is 0 Å². The van der Waals surface area contributed by atoms with Gasteiger partial charge in [0.15, 0.2) is 5.76 Å². The van der Waals surface area contributed by atoms with Crippen molar-refractivity contribution >= 4 is 32.8 Å². The van der Waals surface area contributed by atoms with E-state index in [0.29, 0.717) is 17.9 Å². The number of carbonyl (C=O) groups is 1. The highest BCUT2D eigenvalue weighted by Gasteiger charge is 2.13. The molecule has 3 aromatic rings. The normalized spacial score (nSPS) is 10.6. The summed E-state index contributed by atoms with van der Waals surface area (Å²) >= 11 is 3.45. The second-order valence-electron chi connectivity index (χ2n) is 4.79. The number of furan rings is 1. The Bertz CT molecular complexity index is 808. The van der Waals surface area contributed by atoms with E-state index in [4.69, 9.17) is 9.15 Å². The Hall–Kier alpha value is -2.27. The van der Waals surface area contributed by atoms with Gasteiger partial charge < -0.3 is 14.5 Å². The molecule has 0 aliphatic heterocycles. The molecule has 22 heavy (non-hydrogen) atoms. The van der Waals surface area contributed by atoms with Crippen LogP contribution in [0.5, 0.6) is 5.75 Å². The number of carbonyl (C=O) groups excluding carboxylic acids is 1. The molecule has 0 radical (unpaired) electrons. The highest BCUT2D eigenvalue weighted by atomic mass is 79.9. The molecule has 1 N–H and O–H groups in total. The maximum absolute atomic E-state index is 12.2. The van der Waals surface area contributed by atoms with E-state index in [1.54, 1.807) is 13.2 Å². The lowest BCUT2D eigenvalue weighted by Crippen LogP contribution is -2.22. The fraction of sp³-hybridized carbons (Fsp3) is 0.118. The lowest BCUT2D eigenvalue weighted by Gasteiger charge is -2.04. The Morgan fingerprint density at radius 2 is 2.00 bits per heavy atom. The van der Waals surface area contributed by atoms with E-state index >= 15 is 0 Å². The highest BCUT2D eigenvalue weighted by Crippen LogP contribution is 2.26. The van der Waals surface area contributed by atoms with Crippen LogP contribution in [0.1, 0.15) is 16.1 Å². The smallest absolute Gasteiger partial charge is 0.287 e. The van der Waals surface area contributed by atoms with Gasteiger partial charge in [-0.25, -0.2) is 0 Å². The van der Waals surface area contributed by atoms with Crippen LogP contribution in [0.4, 0.5) is 0 Å². The summed E-state index contributed by atoms with van der Waals surface area (Å²) in [6.07, 6.45) is 0. The molecule has 0 unspecified atom stereocenters. The Morgan fingerprint density at radius 3 is 2.68 bits per heavy atom. The Labute approximate surface area is 136 Å². The van der Waals surface area contributed by atoms with Gasteiger partial charge in [0, 0.05) is 16.4 Å². The molecule has 0 bridgehead atoms. The average Bonchev–Trinajstić information content (AvgIpc) is 2.99.